The summed E-state index contributed by atoms with van der Waals surface area (Å²) in [6, 6.07) is 7.19. The molecular weight excluding hydrogens is 293 g/mol. The monoisotopic (exact) mass is 299 g/mol. The Labute approximate surface area is 117 Å². The van der Waals surface area contributed by atoms with Crippen molar-refractivity contribution in [2.24, 2.45) is 0 Å². The fourth-order valence-electron chi connectivity index (χ4n) is 1.70. The highest BCUT2D eigenvalue weighted by Gasteiger charge is 2.19. The molecule has 0 amide bonds. The van der Waals surface area contributed by atoms with Gasteiger partial charge in [-0.05, 0) is 12.1 Å². The van der Waals surface area contributed by atoms with Gasteiger partial charge in [0.25, 0.3) is 0 Å². The Kier molecular flexibility index (Phi) is 3.03. The molecule has 6 heteroatoms. The molecule has 3 aromatic rings. The summed E-state index contributed by atoms with van der Waals surface area (Å²) < 4.78 is 6.09. The van der Waals surface area contributed by atoms with Crippen molar-refractivity contribution in [1.29, 1.82) is 0 Å². The highest BCUT2D eigenvalue weighted by atomic mass is 35.5. The summed E-state index contributed by atoms with van der Waals surface area (Å²) in [4.78, 5) is 4.03. The number of furan rings is 1. The first-order chi connectivity index (χ1) is 8.65. The lowest BCUT2D eigenvalue weighted by atomic mass is 10.2. The number of benzene rings is 1. The van der Waals surface area contributed by atoms with Crippen LogP contribution in [0.15, 0.2) is 34.9 Å². The topological polar surface area (TPSA) is 46.3 Å². The lowest BCUT2D eigenvalue weighted by Crippen LogP contribution is -1.96. The van der Waals surface area contributed by atoms with Gasteiger partial charge >= 0.3 is 0 Å². The SMILES string of the molecule is OC(c1cc2cccc(Cl)c2o1)c1ncc(Cl)s1. The van der Waals surface area contributed by atoms with Crippen LogP contribution in [0.4, 0.5) is 0 Å². The van der Waals surface area contributed by atoms with Crippen molar-refractivity contribution < 1.29 is 9.52 Å². The Balaban J connectivity index is 2.06. The van der Waals surface area contributed by atoms with Crippen LogP contribution in [0.3, 0.4) is 0 Å². The summed E-state index contributed by atoms with van der Waals surface area (Å²) >= 11 is 13.0. The molecule has 1 aromatic carbocycles. The van der Waals surface area contributed by atoms with E-state index < -0.39 is 6.10 Å². The third-order valence-electron chi connectivity index (χ3n) is 2.51. The molecular formula is C12H7Cl2NO2S. The maximum absolute atomic E-state index is 10.1. The fourth-order valence-corrected chi connectivity index (χ4v) is 2.84. The number of para-hydroxylation sites is 1. The number of aromatic nitrogens is 1. The number of rotatable bonds is 2. The van der Waals surface area contributed by atoms with E-state index in [1.54, 1.807) is 12.1 Å². The molecule has 3 nitrogen and oxygen atoms in total. The van der Waals surface area contributed by atoms with E-state index in [-0.39, 0.29) is 0 Å². The molecule has 1 unspecified atom stereocenters. The van der Waals surface area contributed by atoms with Gasteiger partial charge in [0, 0.05) is 5.39 Å². The van der Waals surface area contributed by atoms with Crippen LogP contribution >= 0.6 is 34.5 Å². The normalized spacial score (nSPS) is 13.1. The molecule has 0 saturated carbocycles. The molecule has 1 N–H and O–H groups in total. The van der Waals surface area contributed by atoms with Gasteiger partial charge in [0.1, 0.15) is 15.1 Å². The first-order valence-electron chi connectivity index (χ1n) is 5.12. The van der Waals surface area contributed by atoms with E-state index >= 15 is 0 Å². The minimum absolute atomic E-state index is 0.407. The summed E-state index contributed by atoms with van der Waals surface area (Å²) in [6.07, 6.45) is 0.575. The molecule has 0 fully saturated rings. The van der Waals surface area contributed by atoms with Gasteiger partial charge < -0.3 is 9.52 Å². The molecule has 0 aliphatic carbocycles. The van der Waals surface area contributed by atoms with Crippen molar-refractivity contribution in [2.75, 3.05) is 0 Å². The van der Waals surface area contributed by atoms with E-state index in [1.807, 2.05) is 12.1 Å². The van der Waals surface area contributed by atoms with Gasteiger partial charge in [0.2, 0.25) is 0 Å². The highest BCUT2D eigenvalue weighted by Crippen LogP contribution is 2.33. The third kappa shape index (κ3) is 2.01. The first-order valence-corrected chi connectivity index (χ1v) is 6.69. The second-order valence-corrected chi connectivity index (χ2v) is 5.81. The lowest BCUT2D eigenvalue weighted by molar-refractivity contribution is 0.192. The Hall–Kier alpha value is -1.07. The Morgan fingerprint density at radius 3 is 2.83 bits per heavy atom. The zero-order chi connectivity index (χ0) is 12.7. The van der Waals surface area contributed by atoms with Crippen molar-refractivity contribution in [2.45, 2.75) is 6.10 Å². The number of aliphatic hydroxyl groups is 1. The zero-order valence-corrected chi connectivity index (χ0v) is 11.3. The predicted octanol–water partition coefficient (Wildman–Crippen LogP) is 4.28. The fraction of sp³-hybridized carbons (Fsp3) is 0.0833. The second kappa shape index (κ2) is 4.55. The molecule has 0 aliphatic rings. The summed E-state index contributed by atoms with van der Waals surface area (Å²) in [5.41, 5.74) is 0.566. The van der Waals surface area contributed by atoms with Gasteiger partial charge in [0.15, 0.2) is 11.7 Å². The van der Waals surface area contributed by atoms with Gasteiger partial charge in [-0.15, -0.1) is 11.3 Å². The minimum Gasteiger partial charge on any atom is -0.456 e. The van der Waals surface area contributed by atoms with E-state index in [9.17, 15) is 5.11 Å². The van der Waals surface area contributed by atoms with Crippen LogP contribution in [0.25, 0.3) is 11.0 Å². The van der Waals surface area contributed by atoms with Crippen molar-refractivity contribution in [3.8, 4) is 0 Å². The minimum atomic E-state index is -0.925. The number of nitrogens with zero attached hydrogens (tertiary/aromatic N) is 1. The lowest BCUT2D eigenvalue weighted by Gasteiger charge is -2.02. The summed E-state index contributed by atoms with van der Waals surface area (Å²) in [5.74, 6) is 0.407. The molecule has 0 aliphatic heterocycles. The van der Waals surface area contributed by atoms with Crippen LogP contribution in [-0.4, -0.2) is 10.1 Å². The Morgan fingerprint density at radius 2 is 2.17 bits per heavy atom. The maximum Gasteiger partial charge on any atom is 0.163 e. The van der Waals surface area contributed by atoms with Crippen LogP contribution < -0.4 is 0 Å². The number of halogens is 2. The van der Waals surface area contributed by atoms with Crippen LogP contribution in [0, 0.1) is 0 Å². The number of hydrogen-bond acceptors (Lipinski definition) is 4. The molecule has 92 valence electrons. The molecule has 1 atom stereocenters. The van der Waals surface area contributed by atoms with Gasteiger partial charge in [-0.25, -0.2) is 4.98 Å². The number of fused-ring (bicyclic) bond motifs is 1. The second-order valence-electron chi connectivity index (χ2n) is 3.71. The Bertz CT molecular complexity index is 707. The van der Waals surface area contributed by atoms with Crippen LogP contribution in [0.1, 0.15) is 16.9 Å². The van der Waals surface area contributed by atoms with Crippen molar-refractivity contribution in [3.05, 3.63) is 50.6 Å². The van der Waals surface area contributed by atoms with E-state index in [2.05, 4.69) is 4.98 Å². The van der Waals surface area contributed by atoms with Crippen molar-refractivity contribution in [3.63, 3.8) is 0 Å². The van der Waals surface area contributed by atoms with Gasteiger partial charge in [-0.3, -0.25) is 0 Å². The average Bonchev–Trinajstić information content (AvgIpc) is 2.95. The standard InChI is InChI=1S/C12H7Cl2NO2S/c13-7-3-1-2-6-4-8(17-11(6)7)10(16)12-15-5-9(14)18-12/h1-5,10,16H. The molecule has 0 saturated heterocycles. The van der Waals surface area contributed by atoms with E-state index in [0.717, 1.165) is 5.39 Å². The van der Waals surface area contributed by atoms with E-state index in [4.69, 9.17) is 27.6 Å². The maximum atomic E-state index is 10.1. The summed E-state index contributed by atoms with van der Waals surface area (Å²) in [6.45, 7) is 0. The average molecular weight is 300 g/mol. The van der Waals surface area contributed by atoms with Gasteiger partial charge in [0.05, 0.1) is 11.2 Å². The third-order valence-corrected chi connectivity index (χ3v) is 3.98. The number of aliphatic hydroxyl groups excluding tert-OH is 1. The molecule has 0 spiro atoms. The molecule has 0 bridgehead atoms. The molecule has 0 radical (unpaired) electrons. The van der Waals surface area contributed by atoms with Crippen molar-refractivity contribution >= 4 is 45.5 Å². The van der Waals surface area contributed by atoms with E-state index in [1.165, 1.54) is 17.5 Å². The molecule has 2 heterocycles. The quantitative estimate of drug-likeness (QED) is 0.768. The van der Waals surface area contributed by atoms with Crippen LogP contribution in [-0.2, 0) is 0 Å². The number of hydrogen-bond donors (Lipinski definition) is 1. The number of thiazole rings is 1. The van der Waals surface area contributed by atoms with Crippen LogP contribution in [0.2, 0.25) is 9.36 Å². The molecule has 18 heavy (non-hydrogen) atoms. The smallest absolute Gasteiger partial charge is 0.163 e. The van der Waals surface area contributed by atoms with Gasteiger partial charge in [-0.1, -0.05) is 35.3 Å². The largest absolute Gasteiger partial charge is 0.456 e. The van der Waals surface area contributed by atoms with Gasteiger partial charge in [-0.2, -0.15) is 0 Å². The first kappa shape index (κ1) is 12.0. The van der Waals surface area contributed by atoms with Crippen molar-refractivity contribution in [1.82, 2.24) is 4.98 Å². The van der Waals surface area contributed by atoms with E-state index in [0.29, 0.717) is 25.7 Å². The predicted molar refractivity (Wildman–Crippen MR) is 72.4 cm³/mol. The zero-order valence-electron chi connectivity index (χ0n) is 8.93. The highest BCUT2D eigenvalue weighted by molar-refractivity contribution is 7.15. The Morgan fingerprint density at radius 1 is 1.33 bits per heavy atom. The molecule has 3 rings (SSSR count). The summed E-state index contributed by atoms with van der Waals surface area (Å²) in [7, 11) is 0. The summed E-state index contributed by atoms with van der Waals surface area (Å²) in [5, 5.41) is 12.0. The van der Waals surface area contributed by atoms with Crippen LogP contribution in [0.5, 0.6) is 0 Å². The molecule has 2 aromatic heterocycles.